The molecule has 2 rings (SSSR count). The van der Waals surface area contributed by atoms with E-state index in [1.807, 2.05) is 0 Å². The molecule has 0 aromatic heterocycles. The van der Waals surface area contributed by atoms with Crippen LogP contribution in [0, 0.1) is 0 Å². The lowest BCUT2D eigenvalue weighted by Crippen LogP contribution is -2.00. The lowest BCUT2D eigenvalue weighted by atomic mass is 10.2. The number of rotatable bonds is 9. The molecule has 0 fully saturated rings. The molecule has 150 valence electrons. The number of hydrogen-bond acceptors (Lipinski definition) is 11. The van der Waals surface area contributed by atoms with Gasteiger partial charge in [0, 0.05) is 22.9 Å². The van der Waals surface area contributed by atoms with Gasteiger partial charge >= 0.3 is 0 Å². The third kappa shape index (κ3) is 6.60. The molecule has 0 amide bonds. The summed E-state index contributed by atoms with van der Waals surface area (Å²) in [4.78, 5) is 8.09. The number of hydrogen-bond donors (Lipinski definition) is 2. The summed E-state index contributed by atoms with van der Waals surface area (Å²) in [5.74, 6) is -0.485. The van der Waals surface area contributed by atoms with Crippen LogP contribution >= 0.6 is 12.0 Å². The van der Waals surface area contributed by atoms with E-state index in [0.717, 1.165) is 18.2 Å². The quantitative estimate of drug-likeness (QED) is 0.150. The van der Waals surface area contributed by atoms with Gasteiger partial charge in [0.1, 0.15) is 15.9 Å². The van der Waals surface area contributed by atoms with Crippen LogP contribution in [-0.2, 0) is 19.5 Å². The minimum atomic E-state index is -4.63. The smallest absolute Gasteiger partial charge is 0.124 e. The summed E-state index contributed by atoms with van der Waals surface area (Å²) in [6.45, 7) is 0.401. The van der Waals surface area contributed by atoms with Crippen molar-refractivity contribution in [3.8, 4) is 11.5 Å². The maximum absolute atomic E-state index is 11.7. The van der Waals surface area contributed by atoms with Gasteiger partial charge < -0.3 is 14.8 Å². The summed E-state index contributed by atoms with van der Waals surface area (Å²) in [5.41, 5.74) is 0.375. The minimum Gasteiger partial charge on any atom is -0.872 e. The van der Waals surface area contributed by atoms with E-state index >= 15 is 0 Å². The van der Waals surface area contributed by atoms with E-state index in [1.54, 1.807) is 0 Å². The van der Waals surface area contributed by atoms with Crippen molar-refractivity contribution >= 4 is 34.6 Å². The summed E-state index contributed by atoms with van der Waals surface area (Å²) in [5, 5.41) is 33.0. The van der Waals surface area contributed by atoms with Crippen molar-refractivity contribution in [2.24, 2.45) is 9.98 Å². The van der Waals surface area contributed by atoms with Crippen molar-refractivity contribution in [1.82, 2.24) is 0 Å². The first kappa shape index (κ1) is 21.8. The van der Waals surface area contributed by atoms with Gasteiger partial charge in [-0.25, -0.2) is 13.7 Å². The fraction of sp³-hybridized carbons (Fsp3) is 0.125. The van der Waals surface area contributed by atoms with Crippen LogP contribution in [0.15, 0.2) is 56.2 Å². The highest BCUT2D eigenvalue weighted by Crippen LogP contribution is 2.23. The average Bonchev–Trinajstić information content (AvgIpc) is 2.65. The maximum atomic E-state index is 11.7. The van der Waals surface area contributed by atoms with E-state index in [-0.39, 0.29) is 30.2 Å². The van der Waals surface area contributed by atoms with E-state index in [9.17, 15) is 23.2 Å². The second-order valence-electron chi connectivity index (χ2n) is 5.17. The highest BCUT2D eigenvalue weighted by Gasteiger charge is 2.05. The van der Waals surface area contributed by atoms with Crippen LogP contribution in [-0.4, -0.2) is 48.9 Å². The normalized spacial score (nSPS) is 12.2. The molecule has 2 N–H and O–H groups in total. The Hall–Kier alpha value is -2.48. The van der Waals surface area contributed by atoms with Crippen LogP contribution in [0.5, 0.6) is 11.5 Å². The number of nitrogens with zero attached hydrogens (tertiary/aromatic N) is 2. The lowest BCUT2D eigenvalue weighted by molar-refractivity contribution is -0.432. The molecular weight excluding hydrogens is 412 g/mol. The Morgan fingerprint density at radius 3 is 2.39 bits per heavy atom. The van der Waals surface area contributed by atoms with Crippen LogP contribution in [0.4, 0.5) is 0 Å². The summed E-state index contributed by atoms with van der Waals surface area (Å²) < 4.78 is 37.3. The number of phenolic OH excluding ortho intramolecular Hbond substituents is 1. The standard InChI is InChI=1S/C16H16N2O8S2/c19-15-3-1-13(27-26-25-21)7-11(15)9-17-5-6-18-10-12-8-14(28(22,23)24)2-4-16(12)20/h1-4,7-10,19-21H,5-6H2,(H,22,23,24)/p-2. The molecule has 2 aromatic rings. The molecular formula is C16H14N2O8S2-2. The largest absolute Gasteiger partial charge is 0.872 e. The molecule has 2 aromatic carbocycles. The summed E-state index contributed by atoms with van der Waals surface area (Å²) >= 11 is 0.707. The Morgan fingerprint density at radius 2 is 1.75 bits per heavy atom. The van der Waals surface area contributed by atoms with Crippen molar-refractivity contribution in [3.63, 3.8) is 0 Å². The van der Waals surface area contributed by atoms with E-state index in [1.165, 1.54) is 30.6 Å². The maximum Gasteiger partial charge on any atom is 0.124 e. The zero-order chi connectivity index (χ0) is 20.6. The van der Waals surface area contributed by atoms with E-state index in [0.29, 0.717) is 22.5 Å². The summed E-state index contributed by atoms with van der Waals surface area (Å²) in [7, 11) is -4.63. The second kappa shape index (κ2) is 10.2. The molecule has 0 saturated heterocycles. The van der Waals surface area contributed by atoms with Crippen molar-refractivity contribution in [2.45, 2.75) is 9.79 Å². The van der Waals surface area contributed by atoms with Crippen molar-refractivity contribution in [3.05, 3.63) is 47.5 Å². The Bertz CT molecular complexity index is 977. The predicted molar refractivity (Wildman–Crippen MR) is 97.5 cm³/mol. The zero-order valence-electron chi connectivity index (χ0n) is 14.1. The Kier molecular flexibility index (Phi) is 7.92. The molecule has 0 saturated carbocycles. The van der Waals surface area contributed by atoms with Crippen LogP contribution in [0.2, 0.25) is 0 Å². The molecule has 0 aliphatic rings. The monoisotopic (exact) mass is 426 g/mol. The fourth-order valence-corrected chi connectivity index (χ4v) is 2.88. The molecule has 0 aliphatic carbocycles. The topological polar surface area (TPSA) is 164 Å². The Morgan fingerprint density at radius 1 is 1.07 bits per heavy atom. The summed E-state index contributed by atoms with van der Waals surface area (Å²) in [6, 6.07) is 7.40. The second-order valence-corrected chi connectivity index (χ2v) is 7.32. The van der Waals surface area contributed by atoms with Gasteiger partial charge in [-0.05, 0) is 35.9 Å². The molecule has 0 unspecified atom stereocenters. The van der Waals surface area contributed by atoms with Gasteiger partial charge in [-0.2, -0.15) is 0 Å². The average molecular weight is 426 g/mol. The third-order valence-electron chi connectivity index (χ3n) is 3.25. The summed E-state index contributed by atoms with van der Waals surface area (Å²) in [6.07, 6.45) is 2.58. The molecule has 28 heavy (non-hydrogen) atoms. The van der Waals surface area contributed by atoms with Crippen LogP contribution in [0.1, 0.15) is 11.1 Å². The molecule has 10 nitrogen and oxygen atoms in total. The van der Waals surface area contributed by atoms with Crippen LogP contribution < -0.4 is 5.11 Å². The Labute approximate surface area is 164 Å². The molecule has 0 spiro atoms. The SMILES string of the molecule is O=S(=O)([O-])c1ccc(O)c(C=NCCN=Cc2cc(SOOO)ccc2[O-])c1. The molecule has 0 atom stereocenters. The van der Waals surface area contributed by atoms with Gasteiger partial charge in [-0.15, -0.1) is 4.33 Å². The highest BCUT2D eigenvalue weighted by molar-refractivity contribution is 7.94. The van der Waals surface area contributed by atoms with E-state index in [4.69, 9.17) is 5.26 Å². The first-order chi connectivity index (χ1) is 13.3. The van der Waals surface area contributed by atoms with Gasteiger partial charge in [0.2, 0.25) is 0 Å². The zero-order valence-corrected chi connectivity index (χ0v) is 15.7. The third-order valence-corrected chi connectivity index (χ3v) is 4.66. The van der Waals surface area contributed by atoms with Gasteiger partial charge in [0.25, 0.3) is 0 Å². The van der Waals surface area contributed by atoms with E-state index < -0.39 is 15.0 Å². The lowest BCUT2D eigenvalue weighted by Gasteiger charge is -2.10. The van der Waals surface area contributed by atoms with Gasteiger partial charge in [-0.1, -0.05) is 16.9 Å². The highest BCUT2D eigenvalue weighted by atomic mass is 32.2. The Balaban J connectivity index is 1.96. The fourth-order valence-electron chi connectivity index (χ4n) is 1.97. The van der Waals surface area contributed by atoms with Crippen LogP contribution in [0.25, 0.3) is 0 Å². The molecule has 0 radical (unpaired) electrons. The first-order valence-electron chi connectivity index (χ1n) is 7.55. The van der Waals surface area contributed by atoms with Gasteiger partial charge in [0.15, 0.2) is 0 Å². The minimum absolute atomic E-state index is 0.0820. The number of aromatic hydroxyl groups is 1. The molecule has 0 aliphatic heterocycles. The van der Waals surface area contributed by atoms with E-state index in [2.05, 4.69) is 19.4 Å². The van der Waals surface area contributed by atoms with Crippen molar-refractivity contribution < 1.29 is 37.8 Å². The molecule has 12 heteroatoms. The van der Waals surface area contributed by atoms with Gasteiger partial charge in [0.05, 0.1) is 30.0 Å². The number of benzene rings is 2. The van der Waals surface area contributed by atoms with Gasteiger partial charge in [-0.3, -0.25) is 9.98 Å². The number of aliphatic imine (C=N–C) groups is 2. The molecule has 0 bridgehead atoms. The number of phenols is 1. The predicted octanol–water partition coefficient (Wildman–Crippen LogP) is 1.34. The van der Waals surface area contributed by atoms with Crippen molar-refractivity contribution in [2.75, 3.05) is 13.1 Å². The van der Waals surface area contributed by atoms with Crippen LogP contribution in [0.3, 0.4) is 0 Å². The molecule has 0 heterocycles. The first-order valence-corrected chi connectivity index (χ1v) is 9.70. The van der Waals surface area contributed by atoms with Crippen molar-refractivity contribution in [1.29, 1.82) is 0 Å².